The number of benzene rings is 1. The van der Waals surface area contributed by atoms with E-state index in [1.807, 2.05) is 29.2 Å². The summed E-state index contributed by atoms with van der Waals surface area (Å²) in [6, 6.07) is 14.1. The summed E-state index contributed by atoms with van der Waals surface area (Å²) < 4.78 is 24.5. The van der Waals surface area contributed by atoms with E-state index < -0.39 is 15.1 Å². The van der Waals surface area contributed by atoms with Crippen molar-refractivity contribution in [2.75, 3.05) is 36.4 Å². The molecular weight excluding hydrogens is 452 g/mol. The SMILES string of the molecule is CC(C)S(=O)(=O)c1ccc(CC(=O)N2CCN(c3ccc(Nc4ccncc4)nn3)CC2)cc1. The number of pyridine rings is 1. The van der Waals surface area contributed by atoms with E-state index in [0.29, 0.717) is 32.0 Å². The Bertz CT molecular complexity index is 1210. The summed E-state index contributed by atoms with van der Waals surface area (Å²) in [5, 5.41) is 11.3. The Morgan fingerprint density at radius 3 is 2.21 bits per heavy atom. The molecular formula is C24H28N6O3S. The number of nitrogens with one attached hydrogen (secondary N) is 1. The zero-order chi connectivity index (χ0) is 24.1. The molecule has 0 radical (unpaired) electrons. The van der Waals surface area contributed by atoms with Gasteiger partial charge in [-0.15, -0.1) is 10.2 Å². The summed E-state index contributed by atoms with van der Waals surface area (Å²) in [5.74, 6) is 1.45. The Hall–Kier alpha value is -3.53. The van der Waals surface area contributed by atoms with Crippen molar-refractivity contribution in [2.24, 2.45) is 0 Å². The van der Waals surface area contributed by atoms with Crippen molar-refractivity contribution in [3.05, 3.63) is 66.5 Å². The highest BCUT2D eigenvalue weighted by Crippen LogP contribution is 2.19. The van der Waals surface area contributed by atoms with Gasteiger partial charge in [-0.05, 0) is 55.8 Å². The molecule has 3 heterocycles. The van der Waals surface area contributed by atoms with Gasteiger partial charge in [0.25, 0.3) is 0 Å². The number of piperazine rings is 1. The number of aromatic nitrogens is 3. The van der Waals surface area contributed by atoms with Gasteiger partial charge in [-0.25, -0.2) is 8.42 Å². The first-order valence-electron chi connectivity index (χ1n) is 11.2. The van der Waals surface area contributed by atoms with E-state index in [0.717, 1.165) is 17.1 Å². The summed E-state index contributed by atoms with van der Waals surface area (Å²) in [6.07, 6.45) is 3.66. The molecule has 4 rings (SSSR count). The second kappa shape index (κ2) is 10.2. The zero-order valence-corrected chi connectivity index (χ0v) is 20.1. The molecule has 1 aliphatic rings. The fourth-order valence-electron chi connectivity index (χ4n) is 3.68. The molecule has 0 bridgehead atoms. The molecule has 10 heteroatoms. The lowest BCUT2D eigenvalue weighted by Crippen LogP contribution is -2.49. The number of sulfone groups is 1. The highest BCUT2D eigenvalue weighted by atomic mass is 32.2. The molecule has 0 aliphatic carbocycles. The van der Waals surface area contributed by atoms with Gasteiger partial charge >= 0.3 is 0 Å². The van der Waals surface area contributed by atoms with Crippen LogP contribution in [0.2, 0.25) is 0 Å². The van der Waals surface area contributed by atoms with Gasteiger partial charge in [0, 0.05) is 44.3 Å². The number of carbonyl (C=O) groups is 1. The first kappa shape index (κ1) is 23.6. The number of amides is 1. The van der Waals surface area contributed by atoms with Crippen molar-refractivity contribution in [3.8, 4) is 0 Å². The maximum absolute atomic E-state index is 12.8. The predicted octanol–water partition coefficient (Wildman–Crippen LogP) is 2.69. The molecule has 1 N–H and O–H groups in total. The Labute approximate surface area is 199 Å². The normalized spacial score (nSPS) is 14.3. The van der Waals surface area contributed by atoms with Crippen LogP contribution >= 0.6 is 0 Å². The van der Waals surface area contributed by atoms with E-state index >= 15 is 0 Å². The van der Waals surface area contributed by atoms with Crippen LogP contribution in [-0.4, -0.2) is 65.8 Å². The standard InChI is InChI=1S/C24H28N6O3S/c1-18(2)34(32,33)21-5-3-19(4-6-21)17-24(31)30-15-13-29(14-16-30)23-8-7-22(27-28-23)26-20-9-11-25-12-10-20/h3-12,18H,13-17H2,1-2H3,(H,25,26,27). The minimum absolute atomic E-state index is 0.0297. The van der Waals surface area contributed by atoms with Crippen LogP contribution in [0.15, 0.2) is 65.8 Å². The first-order valence-corrected chi connectivity index (χ1v) is 12.7. The molecule has 2 aromatic heterocycles. The van der Waals surface area contributed by atoms with Crippen molar-refractivity contribution in [2.45, 2.75) is 30.4 Å². The van der Waals surface area contributed by atoms with Crippen LogP contribution in [0.1, 0.15) is 19.4 Å². The lowest BCUT2D eigenvalue weighted by Gasteiger charge is -2.35. The third-order valence-corrected chi connectivity index (χ3v) is 7.96. The summed E-state index contributed by atoms with van der Waals surface area (Å²) in [7, 11) is -3.31. The van der Waals surface area contributed by atoms with Gasteiger partial charge in [0.2, 0.25) is 5.91 Å². The van der Waals surface area contributed by atoms with Crippen LogP contribution < -0.4 is 10.2 Å². The molecule has 34 heavy (non-hydrogen) atoms. The third kappa shape index (κ3) is 5.51. The topological polar surface area (TPSA) is 108 Å². The maximum atomic E-state index is 12.8. The van der Waals surface area contributed by atoms with Crippen molar-refractivity contribution in [1.29, 1.82) is 0 Å². The van der Waals surface area contributed by atoms with Crippen LogP contribution in [0.3, 0.4) is 0 Å². The van der Waals surface area contributed by atoms with Gasteiger partial charge in [-0.1, -0.05) is 12.1 Å². The highest BCUT2D eigenvalue weighted by molar-refractivity contribution is 7.92. The fraction of sp³-hybridized carbons (Fsp3) is 0.333. The molecule has 3 aromatic rings. The molecule has 9 nitrogen and oxygen atoms in total. The molecule has 1 aliphatic heterocycles. The molecule has 0 unspecified atom stereocenters. The molecule has 0 saturated carbocycles. The summed E-state index contributed by atoms with van der Waals surface area (Å²) in [6.45, 7) is 5.85. The van der Waals surface area contributed by atoms with Gasteiger partial charge in [-0.2, -0.15) is 0 Å². The van der Waals surface area contributed by atoms with Gasteiger partial charge in [0.15, 0.2) is 21.5 Å². The Balaban J connectivity index is 1.29. The quantitative estimate of drug-likeness (QED) is 0.550. The largest absolute Gasteiger partial charge is 0.352 e. The second-order valence-corrected chi connectivity index (χ2v) is 10.9. The zero-order valence-electron chi connectivity index (χ0n) is 19.3. The number of hydrogen-bond donors (Lipinski definition) is 1. The predicted molar refractivity (Wildman–Crippen MR) is 131 cm³/mol. The van der Waals surface area contributed by atoms with Crippen LogP contribution in [0.4, 0.5) is 17.3 Å². The van der Waals surface area contributed by atoms with Crippen LogP contribution in [0.5, 0.6) is 0 Å². The van der Waals surface area contributed by atoms with E-state index in [4.69, 9.17) is 0 Å². The Morgan fingerprint density at radius 2 is 1.62 bits per heavy atom. The monoisotopic (exact) mass is 480 g/mol. The second-order valence-electron chi connectivity index (χ2n) is 8.42. The molecule has 1 aromatic carbocycles. The minimum Gasteiger partial charge on any atom is -0.352 e. The number of rotatable bonds is 7. The van der Waals surface area contributed by atoms with Gasteiger partial charge in [0.05, 0.1) is 16.6 Å². The first-order chi connectivity index (χ1) is 16.3. The van der Waals surface area contributed by atoms with Crippen LogP contribution in [0.25, 0.3) is 0 Å². The van der Waals surface area contributed by atoms with Gasteiger partial charge in [-0.3, -0.25) is 9.78 Å². The Kier molecular flexibility index (Phi) is 7.06. The van der Waals surface area contributed by atoms with Crippen molar-refractivity contribution in [3.63, 3.8) is 0 Å². The van der Waals surface area contributed by atoms with E-state index in [1.54, 1.807) is 50.5 Å². The molecule has 0 spiro atoms. The van der Waals surface area contributed by atoms with Gasteiger partial charge < -0.3 is 15.1 Å². The molecule has 0 atom stereocenters. The number of carbonyl (C=O) groups excluding carboxylic acids is 1. The maximum Gasteiger partial charge on any atom is 0.227 e. The molecule has 1 fully saturated rings. The summed E-state index contributed by atoms with van der Waals surface area (Å²) in [4.78, 5) is 21.0. The van der Waals surface area contributed by atoms with Crippen LogP contribution in [0, 0.1) is 0 Å². The number of hydrogen-bond acceptors (Lipinski definition) is 8. The molecule has 1 amide bonds. The smallest absolute Gasteiger partial charge is 0.227 e. The van der Waals surface area contributed by atoms with Gasteiger partial charge in [0.1, 0.15) is 0 Å². The molecule has 1 saturated heterocycles. The van der Waals surface area contributed by atoms with E-state index in [2.05, 4.69) is 25.4 Å². The van der Waals surface area contributed by atoms with Crippen molar-refractivity contribution in [1.82, 2.24) is 20.1 Å². The summed E-state index contributed by atoms with van der Waals surface area (Å²) >= 11 is 0. The van der Waals surface area contributed by atoms with Crippen LogP contribution in [-0.2, 0) is 21.1 Å². The lowest BCUT2D eigenvalue weighted by atomic mass is 10.1. The van der Waals surface area contributed by atoms with E-state index in [9.17, 15) is 13.2 Å². The number of nitrogens with zero attached hydrogens (tertiary/aromatic N) is 5. The average molecular weight is 481 g/mol. The fourth-order valence-corrected chi connectivity index (χ4v) is 4.74. The van der Waals surface area contributed by atoms with Crippen molar-refractivity contribution >= 4 is 33.1 Å². The van der Waals surface area contributed by atoms with E-state index in [1.165, 1.54) is 0 Å². The van der Waals surface area contributed by atoms with Crippen molar-refractivity contribution < 1.29 is 13.2 Å². The van der Waals surface area contributed by atoms with E-state index in [-0.39, 0.29) is 17.2 Å². The highest BCUT2D eigenvalue weighted by Gasteiger charge is 2.23. The number of anilines is 3. The minimum atomic E-state index is -3.31. The lowest BCUT2D eigenvalue weighted by molar-refractivity contribution is -0.130. The third-order valence-electron chi connectivity index (χ3n) is 5.79. The Morgan fingerprint density at radius 1 is 0.941 bits per heavy atom. The molecule has 178 valence electrons. The summed E-state index contributed by atoms with van der Waals surface area (Å²) in [5.41, 5.74) is 1.69. The average Bonchev–Trinajstić information content (AvgIpc) is 2.85.